The van der Waals surface area contributed by atoms with Crippen LogP contribution < -0.4 is 11.5 Å². The molecule has 1 saturated carbocycles. The van der Waals surface area contributed by atoms with Gasteiger partial charge in [-0.3, -0.25) is 0 Å². The topological polar surface area (TPSA) is 64.9 Å². The van der Waals surface area contributed by atoms with Crippen LogP contribution in [-0.4, -0.2) is 11.0 Å². The molecule has 3 nitrogen and oxygen atoms in total. The Bertz CT molecular complexity index is 389. The Balaban J connectivity index is 2.32. The zero-order chi connectivity index (χ0) is 11.8. The van der Waals surface area contributed by atoms with Crippen molar-refractivity contribution in [2.75, 3.05) is 5.73 Å². The molecule has 0 aromatic carbocycles. The molecule has 16 heavy (non-hydrogen) atoms. The highest BCUT2D eigenvalue weighted by Crippen LogP contribution is 2.42. The number of anilines is 1. The summed E-state index contributed by atoms with van der Waals surface area (Å²) >= 11 is 5.82. The lowest BCUT2D eigenvalue weighted by Gasteiger charge is -2.33. The van der Waals surface area contributed by atoms with E-state index in [0.717, 1.165) is 0 Å². The Morgan fingerprint density at radius 1 is 1.44 bits per heavy atom. The lowest BCUT2D eigenvalue weighted by atomic mass is 9.79. The molecule has 0 radical (unpaired) electrons. The molecule has 1 aliphatic rings. The summed E-state index contributed by atoms with van der Waals surface area (Å²) < 4.78 is 14.7. The molecular weight excluding hydrogens is 229 g/mol. The second-order valence-electron chi connectivity index (χ2n) is 4.39. The number of pyridine rings is 1. The second-order valence-corrected chi connectivity index (χ2v) is 4.83. The van der Waals surface area contributed by atoms with E-state index in [-0.39, 0.29) is 11.9 Å². The van der Waals surface area contributed by atoms with Crippen LogP contribution in [0.1, 0.15) is 31.2 Å². The van der Waals surface area contributed by atoms with E-state index in [1.165, 1.54) is 6.20 Å². The molecule has 0 saturated heterocycles. The average molecular weight is 244 g/mol. The van der Waals surface area contributed by atoms with Crippen LogP contribution in [0, 0.1) is 0 Å². The summed E-state index contributed by atoms with van der Waals surface area (Å²) in [5.41, 5.74) is 10.5. The van der Waals surface area contributed by atoms with Gasteiger partial charge in [0, 0.05) is 17.8 Å². The van der Waals surface area contributed by atoms with E-state index in [9.17, 15) is 4.39 Å². The molecule has 0 aliphatic heterocycles. The minimum atomic E-state index is -1.42. The van der Waals surface area contributed by atoms with Crippen LogP contribution >= 0.6 is 11.6 Å². The van der Waals surface area contributed by atoms with Crippen molar-refractivity contribution in [2.24, 2.45) is 5.73 Å². The fraction of sp³-hybridized carbons (Fsp3) is 0.545. The molecule has 4 N–H and O–H groups in total. The number of alkyl halides is 1. The highest BCUT2D eigenvalue weighted by atomic mass is 35.5. The highest BCUT2D eigenvalue weighted by molar-refractivity contribution is 6.30. The number of halogens is 2. The molecule has 1 fully saturated rings. The largest absolute Gasteiger partial charge is 0.383 e. The van der Waals surface area contributed by atoms with Gasteiger partial charge in [0.2, 0.25) is 0 Å². The molecular formula is C11H15ClFN3. The molecule has 88 valence electrons. The van der Waals surface area contributed by atoms with Crippen molar-refractivity contribution < 1.29 is 4.39 Å². The van der Waals surface area contributed by atoms with Crippen molar-refractivity contribution in [3.05, 3.63) is 22.8 Å². The summed E-state index contributed by atoms with van der Waals surface area (Å²) in [6, 6.07) is 1.66. The van der Waals surface area contributed by atoms with E-state index in [2.05, 4.69) is 4.98 Å². The molecule has 5 heteroatoms. The van der Waals surface area contributed by atoms with Crippen molar-refractivity contribution in [2.45, 2.75) is 37.4 Å². The van der Waals surface area contributed by atoms with Gasteiger partial charge in [0.05, 0.1) is 5.02 Å². The fourth-order valence-electron chi connectivity index (χ4n) is 2.18. The Kier molecular flexibility index (Phi) is 3.04. The zero-order valence-corrected chi connectivity index (χ0v) is 9.67. The van der Waals surface area contributed by atoms with Gasteiger partial charge in [-0.2, -0.15) is 0 Å². The normalized spacial score (nSPS) is 30.3. The van der Waals surface area contributed by atoms with Crippen LogP contribution in [0.25, 0.3) is 0 Å². The van der Waals surface area contributed by atoms with Crippen LogP contribution in [0.4, 0.5) is 10.2 Å². The van der Waals surface area contributed by atoms with Crippen LogP contribution in [0.5, 0.6) is 0 Å². The van der Waals surface area contributed by atoms with Crippen molar-refractivity contribution >= 4 is 17.4 Å². The van der Waals surface area contributed by atoms with Crippen molar-refractivity contribution in [3.8, 4) is 0 Å². The van der Waals surface area contributed by atoms with Gasteiger partial charge in [-0.15, -0.1) is 0 Å². The summed E-state index contributed by atoms with van der Waals surface area (Å²) in [6.45, 7) is 0. The van der Waals surface area contributed by atoms with Crippen LogP contribution in [-0.2, 0) is 5.67 Å². The maximum Gasteiger partial charge on any atom is 0.139 e. The Labute approximate surface area is 99.0 Å². The smallest absolute Gasteiger partial charge is 0.139 e. The maximum absolute atomic E-state index is 14.7. The Morgan fingerprint density at radius 2 is 2.06 bits per heavy atom. The van der Waals surface area contributed by atoms with Gasteiger partial charge < -0.3 is 11.5 Å². The molecule has 0 amide bonds. The van der Waals surface area contributed by atoms with Crippen LogP contribution in [0.2, 0.25) is 5.02 Å². The highest BCUT2D eigenvalue weighted by Gasteiger charge is 2.38. The van der Waals surface area contributed by atoms with Gasteiger partial charge in [-0.25, -0.2) is 9.37 Å². The molecule has 2 rings (SSSR count). The first-order chi connectivity index (χ1) is 7.51. The number of rotatable bonds is 1. The lowest BCUT2D eigenvalue weighted by Crippen LogP contribution is -2.34. The third-order valence-electron chi connectivity index (χ3n) is 3.19. The SMILES string of the molecule is Nc1ncc(Cl)cc1C1(F)CCC(N)CC1. The zero-order valence-electron chi connectivity index (χ0n) is 8.92. The number of aromatic nitrogens is 1. The second kappa shape index (κ2) is 4.18. The summed E-state index contributed by atoms with van der Waals surface area (Å²) in [4.78, 5) is 3.89. The minimum absolute atomic E-state index is 0.0947. The first-order valence-electron chi connectivity index (χ1n) is 5.37. The predicted octanol–water partition coefficient (Wildman–Crippen LogP) is 2.38. The lowest BCUT2D eigenvalue weighted by molar-refractivity contribution is 0.0984. The fourth-order valence-corrected chi connectivity index (χ4v) is 2.33. The Hall–Kier alpha value is -0.870. The predicted molar refractivity (Wildman–Crippen MR) is 62.9 cm³/mol. The van der Waals surface area contributed by atoms with Gasteiger partial charge in [-0.1, -0.05) is 11.6 Å². The van der Waals surface area contributed by atoms with Crippen molar-refractivity contribution in [3.63, 3.8) is 0 Å². The number of nitrogen functional groups attached to an aromatic ring is 1. The van der Waals surface area contributed by atoms with E-state index in [1.54, 1.807) is 6.07 Å². The van der Waals surface area contributed by atoms with Gasteiger partial charge in [0.25, 0.3) is 0 Å². The number of hydrogen-bond donors (Lipinski definition) is 2. The number of hydrogen-bond acceptors (Lipinski definition) is 3. The summed E-state index contributed by atoms with van der Waals surface area (Å²) in [5.74, 6) is 0.224. The molecule has 1 aromatic rings. The van der Waals surface area contributed by atoms with Gasteiger partial charge >= 0.3 is 0 Å². The maximum atomic E-state index is 14.7. The number of nitrogens with zero attached hydrogens (tertiary/aromatic N) is 1. The minimum Gasteiger partial charge on any atom is -0.383 e. The monoisotopic (exact) mass is 243 g/mol. The first-order valence-corrected chi connectivity index (χ1v) is 5.75. The molecule has 1 aromatic heterocycles. The standard InChI is InChI=1S/C11H15ClFN3/c12-7-5-9(10(15)16-6-7)11(13)3-1-8(14)2-4-11/h5-6,8H,1-4,14H2,(H2,15,16). The van der Waals surface area contributed by atoms with E-state index in [0.29, 0.717) is 36.3 Å². The van der Waals surface area contributed by atoms with E-state index in [1.807, 2.05) is 0 Å². The van der Waals surface area contributed by atoms with E-state index >= 15 is 0 Å². The summed E-state index contributed by atoms with van der Waals surface area (Å²) in [5, 5.41) is 0.413. The number of nitrogens with two attached hydrogens (primary N) is 2. The third kappa shape index (κ3) is 2.13. The van der Waals surface area contributed by atoms with Crippen molar-refractivity contribution in [1.29, 1.82) is 0 Å². The van der Waals surface area contributed by atoms with Gasteiger partial charge in [-0.05, 0) is 31.7 Å². The van der Waals surface area contributed by atoms with E-state index < -0.39 is 5.67 Å². The summed E-state index contributed by atoms with van der Waals surface area (Å²) in [7, 11) is 0. The van der Waals surface area contributed by atoms with E-state index in [4.69, 9.17) is 23.1 Å². The molecule has 0 unspecified atom stereocenters. The van der Waals surface area contributed by atoms with Gasteiger partial charge in [0.15, 0.2) is 0 Å². The first kappa shape index (κ1) is 11.6. The van der Waals surface area contributed by atoms with Crippen molar-refractivity contribution in [1.82, 2.24) is 4.98 Å². The van der Waals surface area contributed by atoms with Gasteiger partial charge in [0.1, 0.15) is 11.5 Å². The molecule has 0 bridgehead atoms. The summed E-state index contributed by atoms with van der Waals surface area (Å²) in [6.07, 6.45) is 3.55. The van der Waals surface area contributed by atoms with Crippen LogP contribution in [0.15, 0.2) is 12.3 Å². The molecule has 1 aliphatic carbocycles. The molecule has 0 atom stereocenters. The molecule has 0 spiro atoms. The molecule has 1 heterocycles. The average Bonchev–Trinajstić information content (AvgIpc) is 2.26. The third-order valence-corrected chi connectivity index (χ3v) is 3.40. The quantitative estimate of drug-likeness (QED) is 0.796. The van der Waals surface area contributed by atoms with Crippen LogP contribution in [0.3, 0.4) is 0 Å². The Morgan fingerprint density at radius 3 is 2.69 bits per heavy atom.